The standard InChI is InChI=1S/C20H28BrN7O/c1-5-13(3)28-14(4)17(26-19(28)21)18(15-11-23-20(22)24-12-15)25-16(6-2)27-7-9-29-10-8-27/h11-13H,4-10H2,1-3H3,(H2,22,23,24)/b18-17+,25-16?. The Labute approximate surface area is 179 Å². The predicted molar refractivity (Wildman–Crippen MR) is 119 cm³/mol. The lowest BCUT2D eigenvalue weighted by atomic mass is 10.2. The number of nitrogens with zero attached hydrogens (tertiary/aromatic N) is 6. The van der Waals surface area contributed by atoms with E-state index in [0.29, 0.717) is 24.3 Å². The van der Waals surface area contributed by atoms with Gasteiger partial charge in [-0.2, -0.15) is 0 Å². The lowest BCUT2D eigenvalue weighted by Crippen LogP contribution is -2.41. The molecular formula is C20H28BrN7O. The Morgan fingerprint density at radius 1 is 1.31 bits per heavy atom. The van der Waals surface area contributed by atoms with Crippen LogP contribution < -0.4 is 16.4 Å². The number of nitrogens with two attached hydrogens (primary N) is 1. The maximum Gasteiger partial charge on any atom is 0.219 e. The highest BCUT2D eigenvalue weighted by molar-refractivity contribution is 9.10. The molecule has 1 aliphatic rings. The summed E-state index contributed by atoms with van der Waals surface area (Å²) in [5.74, 6) is 1.20. The van der Waals surface area contributed by atoms with Gasteiger partial charge >= 0.3 is 0 Å². The topological polar surface area (TPSA) is 94.4 Å². The number of rotatable bonds is 5. The Balaban J connectivity index is 2.24. The van der Waals surface area contributed by atoms with Crippen LogP contribution in [-0.4, -0.2) is 56.6 Å². The normalized spacial score (nSPS) is 17.4. The van der Waals surface area contributed by atoms with E-state index < -0.39 is 0 Å². The molecule has 1 fully saturated rings. The molecule has 8 nitrogen and oxygen atoms in total. The number of imidazole rings is 1. The minimum absolute atomic E-state index is 0.224. The third-order valence-electron chi connectivity index (χ3n) is 5.10. The van der Waals surface area contributed by atoms with Gasteiger partial charge in [-0.25, -0.2) is 19.9 Å². The smallest absolute Gasteiger partial charge is 0.219 e. The number of halogens is 1. The van der Waals surface area contributed by atoms with Crippen molar-refractivity contribution in [1.82, 2.24) is 24.4 Å². The second-order valence-corrected chi connectivity index (χ2v) is 7.67. The van der Waals surface area contributed by atoms with Crippen molar-refractivity contribution in [2.75, 3.05) is 32.0 Å². The fraction of sp³-hybridized carbons (Fsp3) is 0.500. The molecule has 0 radical (unpaired) electrons. The van der Waals surface area contributed by atoms with Gasteiger partial charge in [-0.1, -0.05) is 20.4 Å². The number of amidine groups is 1. The van der Waals surface area contributed by atoms with E-state index in [1.807, 2.05) is 0 Å². The number of aliphatic imine (C=N–C) groups is 1. The molecule has 0 bridgehead atoms. The van der Waals surface area contributed by atoms with Crippen molar-refractivity contribution < 1.29 is 4.74 Å². The third kappa shape index (κ3) is 4.67. The van der Waals surface area contributed by atoms with Gasteiger partial charge in [0.25, 0.3) is 0 Å². The Kier molecular flexibility index (Phi) is 7.02. The molecule has 0 spiro atoms. The maximum atomic E-state index is 5.70. The molecule has 1 aliphatic heterocycles. The van der Waals surface area contributed by atoms with Crippen molar-refractivity contribution in [3.05, 3.63) is 33.4 Å². The number of hydrogen-bond donors (Lipinski definition) is 1. The third-order valence-corrected chi connectivity index (χ3v) is 5.66. The Morgan fingerprint density at radius 3 is 2.55 bits per heavy atom. The summed E-state index contributed by atoms with van der Waals surface area (Å²) in [4.78, 5) is 20.4. The molecule has 3 heterocycles. The van der Waals surface area contributed by atoms with E-state index in [4.69, 9.17) is 20.4 Å². The molecule has 0 aliphatic carbocycles. The van der Waals surface area contributed by atoms with Crippen LogP contribution in [0.25, 0.3) is 12.3 Å². The van der Waals surface area contributed by atoms with Crippen LogP contribution in [0.5, 0.6) is 0 Å². The number of hydrogen-bond acceptors (Lipinski definition) is 6. The van der Waals surface area contributed by atoms with Gasteiger partial charge in [0, 0.05) is 43.5 Å². The molecule has 0 aromatic carbocycles. The second-order valence-electron chi connectivity index (χ2n) is 6.96. The highest BCUT2D eigenvalue weighted by Crippen LogP contribution is 2.16. The van der Waals surface area contributed by atoms with Gasteiger partial charge in [0.1, 0.15) is 16.9 Å². The molecule has 9 heteroatoms. The molecule has 0 saturated carbocycles. The molecule has 29 heavy (non-hydrogen) atoms. The predicted octanol–water partition coefficient (Wildman–Crippen LogP) is 1.70. The average molecular weight is 462 g/mol. The van der Waals surface area contributed by atoms with Crippen molar-refractivity contribution >= 4 is 40.0 Å². The van der Waals surface area contributed by atoms with Crippen LogP contribution in [0.4, 0.5) is 5.95 Å². The van der Waals surface area contributed by atoms with Crippen LogP contribution in [0.3, 0.4) is 0 Å². The van der Waals surface area contributed by atoms with Crippen LogP contribution >= 0.6 is 15.9 Å². The zero-order chi connectivity index (χ0) is 21.0. The van der Waals surface area contributed by atoms with Gasteiger partial charge < -0.3 is 19.9 Å². The molecular weight excluding hydrogens is 434 g/mol. The van der Waals surface area contributed by atoms with Crippen molar-refractivity contribution in [3.8, 4) is 0 Å². The van der Waals surface area contributed by atoms with Gasteiger partial charge in [-0.05, 0) is 29.3 Å². The first kappa shape index (κ1) is 21.4. The molecule has 1 saturated heterocycles. The summed E-state index contributed by atoms with van der Waals surface area (Å²) in [5, 5.41) is 1.52. The van der Waals surface area contributed by atoms with Crippen LogP contribution in [0, 0.1) is 0 Å². The van der Waals surface area contributed by atoms with E-state index in [1.165, 1.54) is 0 Å². The molecule has 3 rings (SSSR count). The van der Waals surface area contributed by atoms with E-state index in [2.05, 4.69) is 62.7 Å². The zero-order valence-corrected chi connectivity index (χ0v) is 18.8. The Morgan fingerprint density at radius 2 is 1.97 bits per heavy atom. The quantitative estimate of drug-likeness (QED) is 0.537. The van der Waals surface area contributed by atoms with Gasteiger partial charge in [0.05, 0.1) is 18.6 Å². The summed E-state index contributed by atoms with van der Waals surface area (Å²) in [6, 6.07) is 0.260. The Hall–Kier alpha value is -2.26. The summed E-state index contributed by atoms with van der Waals surface area (Å²) in [5.41, 5.74) is 7.15. The lowest BCUT2D eigenvalue weighted by Gasteiger charge is -2.29. The van der Waals surface area contributed by atoms with Crippen molar-refractivity contribution in [2.24, 2.45) is 4.99 Å². The molecule has 1 unspecified atom stereocenters. The van der Waals surface area contributed by atoms with Crippen LogP contribution in [0.1, 0.15) is 45.2 Å². The van der Waals surface area contributed by atoms with E-state index in [1.54, 1.807) is 12.4 Å². The Bertz CT molecular complexity index is 977. The van der Waals surface area contributed by atoms with E-state index in [-0.39, 0.29) is 12.0 Å². The summed E-state index contributed by atoms with van der Waals surface area (Å²) >= 11 is 3.59. The average Bonchev–Trinajstić information content (AvgIpc) is 3.03. The first-order valence-corrected chi connectivity index (χ1v) is 10.7. The van der Waals surface area contributed by atoms with Crippen molar-refractivity contribution in [1.29, 1.82) is 0 Å². The fourth-order valence-electron chi connectivity index (χ4n) is 3.29. The number of aromatic nitrogens is 4. The molecule has 0 amide bonds. The molecule has 156 valence electrons. The summed E-state index contributed by atoms with van der Waals surface area (Å²) in [6.07, 6.45) is 5.13. The fourth-order valence-corrected chi connectivity index (χ4v) is 4.04. The maximum absolute atomic E-state index is 5.70. The SMILES string of the molecule is C=c1/c(=C(\N=C(CC)N2CCOCC2)c2cnc(N)nc2)nc(Br)n1C(C)CC. The van der Waals surface area contributed by atoms with E-state index >= 15 is 0 Å². The number of morpholine rings is 1. The number of ether oxygens (including phenoxy) is 1. The zero-order valence-electron chi connectivity index (χ0n) is 17.2. The molecule has 2 aromatic heterocycles. The molecule has 1 atom stereocenters. The molecule has 2 N–H and O–H groups in total. The molecule has 2 aromatic rings. The van der Waals surface area contributed by atoms with Crippen LogP contribution in [0.15, 0.2) is 22.1 Å². The van der Waals surface area contributed by atoms with Crippen molar-refractivity contribution in [3.63, 3.8) is 0 Å². The first-order valence-electron chi connectivity index (χ1n) is 9.91. The number of anilines is 1. The summed E-state index contributed by atoms with van der Waals surface area (Å²) in [7, 11) is 0. The second kappa shape index (κ2) is 9.49. The minimum Gasteiger partial charge on any atom is -0.378 e. The van der Waals surface area contributed by atoms with Gasteiger partial charge in [-0.3, -0.25) is 0 Å². The van der Waals surface area contributed by atoms with Gasteiger partial charge in [0.15, 0.2) is 4.73 Å². The first-order chi connectivity index (χ1) is 14.0. The summed E-state index contributed by atoms with van der Waals surface area (Å²) in [6.45, 7) is 13.7. The summed E-state index contributed by atoms with van der Waals surface area (Å²) < 4.78 is 8.31. The van der Waals surface area contributed by atoms with Gasteiger partial charge in [0.2, 0.25) is 5.95 Å². The van der Waals surface area contributed by atoms with E-state index in [9.17, 15) is 0 Å². The van der Waals surface area contributed by atoms with Crippen LogP contribution in [0.2, 0.25) is 0 Å². The number of nitrogen functional groups attached to an aromatic ring is 1. The largest absolute Gasteiger partial charge is 0.378 e. The van der Waals surface area contributed by atoms with Crippen molar-refractivity contribution in [2.45, 2.75) is 39.7 Å². The van der Waals surface area contributed by atoms with E-state index in [0.717, 1.165) is 47.4 Å². The highest BCUT2D eigenvalue weighted by Gasteiger charge is 2.18. The minimum atomic E-state index is 0.224. The van der Waals surface area contributed by atoms with Gasteiger partial charge in [-0.15, -0.1) is 0 Å². The lowest BCUT2D eigenvalue weighted by molar-refractivity contribution is 0.0673. The monoisotopic (exact) mass is 461 g/mol. The highest BCUT2D eigenvalue weighted by atomic mass is 79.9. The van der Waals surface area contributed by atoms with Crippen LogP contribution in [-0.2, 0) is 4.74 Å².